The maximum absolute atomic E-state index is 12.9. The monoisotopic (exact) mass is 442 g/mol. The molecule has 1 aliphatic heterocycles. The summed E-state index contributed by atoms with van der Waals surface area (Å²) in [6, 6.07) is 14.7. The number of thioether (sulfide) groups is 1. The fourth-order valence-corrected chi connectivity index (χ4v) is 4.35. The second-order valence-electron chi connectivity index (χ2n) is 6.46. The molecule has 0 saturated carbocycles. The molecule has 0 aromatic heterocycles. The molecular weight excluding hydrogens is 420 g/mol. The molecule has 0 aliphatic carbocycles. The van der Waals surface area contributed by atoms with Crippen LogP contribution in [0.4, 0.5) is 11.4 Å². The third kappa shape index (κ3) is 5.01. The van der Waals surface area contributed by atoms with Crippen molar-refractivity contribution < 1.29 is 19.4 Å². The standard InChI is InChI=1S/C22H22N2O4S2/c1-3-23(4-2)16-7-9-17(10-8-16)24-21(27)19(30-22(24)29)13-15-5-11-18(12-6-15)28-14-20(25)26/h5-13H,3-4,14H2,1-2H3,(H,25,26)/b19-13+. The Balaban J connectivity index is 1.75. The number of anilines is 2. The molecule has 0 bridgehead atoms. The van der Waals surface area contributed by atoms with Crippen LogP contribution in [0.5, 0.6) is 5.75 Å². The van der Waals surface area contributed by atoms with E-state index in [-0.39, 0.29) is 5.91 Å². The Kier molecular flexibility index (Phi) is 7.12. The number of hydrogen-bond acceptors (Lipinski definition) is 6. The predicted molar refractivity (Wildman–Crippen MR) is 125 cm³/mol. The maximum Gasteiger partial charge on any atom is 0.341 e. The van der Waals surface area contributed by atoms with Crippen LogP contribution in [-0.2, 0) is 9.59 Å². The maximum atomic E-state index is 12.9. The van der Waals surface area contributed by atoms with Crippen molar-refractivity contribution in [3.8, 4) is 5.75 Å². The number of carbonyl (C=O) groups is 2. The number of nitrogens with zero attached hydrogens (tertiary/aromatic N) is 2. The summed E-state index contributed by atoms with van der Waals surface area (Å²) in [6.45, 7) is 5.65. The molecule has 1 N–H and O–H groups in total. The number of ether oxygens (including phenoxy) is 1. The molecule has 156 valence electrons. The average Bonchev–Trinajstić information content (AvgIpc) is 3.02. The summed E-state index contributed by atoms with van der Waals surface area (Å²) in [7, 11) is 0. The van der Waals surface area contributed by atoms with Crippen LogP contribution >= 0.6 is 24.0 Å². The number of carbonyl (C=O) groups excluding carboxylic acids is 1. The van der Waals surface area contributed by atoms with Gasteiger partial charge in [-0.05, 0) is 61.9 Å². The minimum atomic E-state index is -1.03. The molecule has 2 aromatic rings. The van der Waals surface area contributed by atoms with Crippen molar-refractivity contribution in [3.63, 3.8) is 0 Å². The number of amides is 1. The normalized spacial score (nSPS) is 15.0. The topological polar surface area (TPSA) is 70.1 Å². The Morgan fingerprint density at radius 2 is 1.77 bits per heavy atom. The van der Waals surface area contributed by atoms with Crippen molar-refractivity contribution >= 4 is 57.6 Å². The van der Waals surface area contributed by atoms with Crippen LogP contribution in [-0.4, -0.2) is 41.0 Å². The lowest BCUT2D eigenvalue weighted by Gasteiger charge is -2.22. The largest absolute Gasteiger partial charge is 0.482 e. The van der Waals surface area contributed by atoms with Crippen molar-refractivity contribution in [1.29, 1.82) is 0 Å². The van der Waals surface area contributed by atoms with Crippen molar-refractivity contribution in [2.24, 2.45) is 0 Å². The van der Waals surface area contributed by atoms with Gasteiger partial charge in [0.2, 0.25) is 0 Å². The summed E-state index contributed by atoms with van der Waals surface area (Å²) < 4.78 is 5.61. The molecule has 3 rings (SSSR count). The van der Waals surface area contributed by atoms with Crippen molar-refractivity contribution in [2.75, 3.05) is 29.5 Å². The highest BCUT2D eigenvalue weighted by molar-refractivity contribution is 8.27. The molecule has 30 heavy (non-hydrogen) atoms. The van der Waals surface area contributed by atoms with Gasteiger partial charge in [-0.25, -0.2) is 4.79 Å². The second-order valence-corrected chi connectivity index (χ2v) is 8.13. The highest BCUT2D eigenvalue weighted by Gasteiger charge is 2.33. The first-order valence-electron chi connectivity index (χ1n) is 9.50. The van der Waals surface area contributed by atoms with Crippen molar-refractivity contribution in [1.82, 2.24) is 0 Å². The van der Waals surface area contributed by atoms with Crippen LogP contribution in [0.2, 0.25) is 0 Å². The molecular formula is C22H22N2O4S2. The van der Waals surface area contributed by atoms with Gasteiger partial charge in [0, 0.05) is 18.8 Å². The van der Waals surface area contributed by atoms with Crippen molar-refractivity contribution in [3.05, 3.63) is 59.0 Å². The number of rotatable bonds is 8. The zero-order chi connectivity index (χ0) is 21.7. The molecule has 1 fully saturated rings. The molecule has 1 aliphatic rings. The molecule has 1 heterocycles. The summed E-state index contributed by atoms with van der Waals surface area (Å²) in [5, 5.41) is 8.67. The summed E-state index contributed by atoms with van der Waals surface area (Å²) in [4.78, 5) is 27.8. The molecule has 8 heteroatoms. The average molecular weight is 443 g/mol. The van der Waals surface area contributed by atoms with E-state index in [9.17, 15) is 9.59 Å². The Morgan fingerprint density at radius 3 is 2.33 bits per heavy atom. The van der Waals surface area contributed by atoms with E-state index in [2.05, 4.69) is 18.7 Å². The van der Waals surface area contributed by atoms with Gasteiger partial charge in [0.05, 0.1) is 10.6 Å². The van der Waals surface area contributed by atoms with E-state index in [1.54, 1.807) is 35.2 Å². The number of benzene rings is 2. The van der Waals surface area contributed by atoms with E-state index >= 15 is 0 Å². The first-order valence-corrected chi connectivity index (χ1v) is 10.7. The molecule has 1 saturated heterocycles. The first-order chi connectivity index (χ1) is 14.4. The molecule has 0 atom stereocenters. The van der Waals surface area contributed by atoms with E-state index in [4.69, 9.17) is 22.1 Å². The Morgan fingerprint density at radius 1 is 1.13 bits per heavy atom. The fraction of sp³-hybridized carbons (Fsp3) is 0.227. The number of carboxylic acids is 1. The number of hydrogen-bond donors (Lipinski definition) is 1. The summed E-state index contributed by atoms with van der Waals surface area (Å²) in [5.41, 5.74) is 2.65. The Bertz CT molecular complexity index is 968. The van der Waals surface area contributed by atoms with Crippen LogP contribution in [0, 0.1) is 0 Å². The minimum absolute atomic E-state index is 0.160. The van der Waals surface area contributed by atoms with Crippen LogP contribution in [0.15, 0.2) is 53.4 Å². The lowest BCUT2D eigenvalue weighted by molar-refractivity contribution is -0.139. The minimum Gasteiger partial charge on any atom is -0.482 e. The Hall–Kier alpha value is -2.84. The van der Waals surface area contributed by atoms with E-state index in [1.165, 1.54) is 11.8 Å². The molecule has 0 unspecified atom stereocenters. The zero-order valence-corrected chi connectivity index (χ0v) is 18.3. The third-order valence-electron chi connectivity index (χ3n) is 4.57. The first kappa shape index (κ1) is 21.9. The smallest absolute Gasteiger partial charge is 0.341 e. The van der Waals surface area contributed by atoms with Gasteiger partial charge in [0.15, 0.2) is 10.9 Å². The quantitative estimate of drug-likeness (QED) is 0.480. The lowest BCUT2D eigenvalue weighted by Crippen LogP contribution is -2.27. The highest BCUT2D eigenvalue weighted by atomic mass is 32.2. The third-order valence-corrected chi connectivity index (χ3v) is 5.87. The lowest BCUT2D eigenvalue weighted by atomic mass is 10.2. The van der Waals surface area contributed by atoms with Gasteiger partial charge in [0.25, 0.3) is 5.91 Å². The number of thiocarbonyl (C=S) groups is 1. The van der Waals surface area contributed by atoms with Gasteiger partial charge in [0.1, 0.15) is 5.75 Å². The van der Waals surface area contributed by atoms with E-state index < -0.39 is 12.6 Å². The summed E-state index contributed by atoms with van der Waals surface area (Å²) in [6.07, 6.45) is 1.77. The van der Waals surface area contributed by atoms with Gasteiger partial charge in [-0.2, -0.15) is 0 Å². The molecule has 0 radical (unpaired) electrons. The van der Waals surface area contributed by atoms with E-state index in [0.29, 0.717) is 15.0 Å². The van der Waals surface area contributed by atoms with Gasteiger partial charge < -0.3 is 14.7 Å². The Labute approximate surface area is 185 Å². The molecule has 0 spiro atoms. The fourth-order valence-electron chi connectivity index (χ4n) is 3.05. The van der Waals surface area contributed by atoms with Gasteiger partial charge in [-0.15, -0.1) is 0 Å². The zero-order valence-electron chi connectivity index (χ0n) is 16.7. The molecule has 1 amide bonds. The van der Waals surface area contributed by atoms with Crippen LogP contribution in [0.25, 0.3) is 6.08 Å². The van der Waals surface area contributed by atoms with E-state index in [1.807, 2.05) is 24.3 Å². The second kappa shape index (κ2) is 9.77. The van der Waals surface area contributed by atoms with Gasteiger partial charge in [-0.1, -0.05) is 36.1 Å². The molecule has 2 aromatic carbocycles. The summed E-state index contributed by atoms with van der Waals surface area (Å²) >= 11 is 6.70. The predicted octanol–water partition coefficient (Wildman–Crippen LogP) is 4.40. The van der Waals surface area contributed by atoms with Gasteiger partial charge >= 0.3 is 5.97 Å². The molecule has 6 nitrogen and oxygen atoms in total. The number of carboxylic acid groups (broad SMARTS) is 1. The highest BCUT2D eigenvalue weighted by Crippen LogP contribution is 2.36. The van der Waals surface area contributed by atoms with E-state index in [0.717, 1.165) is 30.0 Å². The number of aliphatic carboxylic acids is 1. The summed E-state index contributed by atoms with van der Waals surface area (Å²) in [5.74, 6) is -0.741. The van der Waals surface area contributed by atoms with Gasteiger partial charge in [-0.3, -0.25) is 9.69 Å². The van der Waals surface area contributed by atoms with Crippen LogP contribution in [0.1, 0.15) is 19.4 Å². The van der Waals surface area contributed by atoms with Crippen LogP contribution in [0.3, 0.4) is 0 Å². The van der Waals surface area contributed by atoms with Crippen molar-refractivity contribution in [2.45, 2.75) is 13.8 Å². The SMILES string of the molecule is CCN(CC)c1ccc(N2C(=O)/C(=C\c3ccc(OCC(=O)O)cc3)SC2=S)cc1. The van der Waals surface area contributed by atoms with Crippen LogP contribution < -0.4 is 14.5 Å².